The van der Waals surface area contributed by atoms with E-state index in [1.54, 1.807) is 12.1 Å². The number of carbonyl (C=O) groups excluding carboxylic acids is 2. The number of fused-ring (bicyclic) bond motifs is 1. The van der Waals surface area contributed by atoms with Crippen molar-refractivity contribution in [3.8, 4) is 0 Å². The number of cyclic esters (lactones) is 1. The minimum atomic E-state index is -0.732. The maximum atomic E-state index is 12.0. The molecule has 0 aromatic heterocycles. The maximum absolute atomic E-state index is 12.0. The van der Waals surface area contributed by atoms with Gasteiger partial charge >= 0.3 is 5.97 Å². The molecular weight excluding hydrogens is 258 g/mol. The zero-order valence-electron chi connectivity index (χ0n) is 11.6. The molecular formula is C15H19NO4. The number of amides is 1. The molecule has 0 saturated carbocycles. The van der Waals surface area contributed by atoms with E-state index in [0.29, 0.717) is 31.7 Å². The van der Waals surface area contributed by atoms with Gasteiger partial charge in [-0.15, -0.1) is 0 Å². The van der Waals surface area contributed by atoms with Crippen LogP contribution < -0.4 is 5.32 Å². The molecule has 5 heteroatoms. The second kappa shape index (κ2) is 7.05. The summed E-state index contributed by atoms with van der Waals surface area (Å²) in [4.78, 5) is 23.8. The van der Waals surface area contributed by atoms with Crippen LogP contribution in [0.2, 0.25) is 0 Å². The minimum absolute atomic E-state index is 0.246. The Hall–Kier alpha value is -1.88. The Bertz CT molecular complexity index is 487. The summed E-state index contributed by atoms with van der Waals surface area (Å²) < 4.78 is 10.4. The molecule has 1 N–H and O–H groups in total. The first-order chi connectivity index (χ1) is 9.72. The summed E-state index contributed by atoms with van der Waals surface area (Å²) in [5.41, 5.74) is 1.41. The normalized spacial score (nSPS) is 17.2. The highest BCUT2D eigenvalue weighted by atomic mass is 16.5. The van der Waals surface area contributed by atoms with Gasteiger partial charge in [-0.3, -0.25) is 4.79 Å². The highest BCUT2D eigenvalue weighted by Gasteiger charge is 2.30. The zero-order valence-corrected chi connectivity index (χ0v) is 11.6. The Morgan fingerprint density at radius 3 is 3.05 bits per heavy atom. The number of hydrogen-bond acceptors (Lipinski definition) is 4. The summed E-state index contributed by atoms with van der Waals surface area (Å²) in [5.74, 6) is -0.675. The summed E-state index contributed by atoms with van der Waals surface area (Å²) in [6.45, 7) is 3.74. The molecule has 1 aromatic carbocycles. The molecule has 1 aromatic rings. The van der Waals surface area contributed by atoms with Crippen LogP contribution in [0.1, 0.15) is 29.3 Å². The molecule has 108 valence electrons. The van der Waals surface area contributed by atoms with Crippen LogP contribution in [0.25, 0.3) is 0 Å². The predicted molar refractivity (Wildman–Crippen MR) is 73.5 cm³/mol. The van der Waals surface area contributed by atoms with E-state index in [2.05, 4.69) is 5.32 Å². The van der Waals surface area contributed by atoms with Gasteiger partial charge in [0.25, 0.3) is 5.91 Å². The van der Waals surface area contributed by atoms with Crippen molar-refractivity contribution >= 4 is 11.9 Å². The number of rotatable bonds is 6. The van der Waals surface area contributed by atoms with E-state index in [9.17, 15) is 9.59 Å². The molecule has 0 fully saturated rings. The lowest BCUT2D eigenvalue weighted by molar-refractivity contribution is -0.130. The fraction of sp³-hybridized carbons (Fsp3) is 0.467. The van der Waals surface area contributed by atoms with Gasteiger partial charge in [0, 0.05) is 26.2 Å². The van der Waals surface area contributed by atoms with Crippen molar-refractivity contribution < 1.29 is 19.1 Å². The average Bonchev–Trinajstić information content (AvgIpc) is 2.47. The molecule has 1 heterocycles. The molecule has 0 radical (unpaired) electrons. The predicted octanol–water partition coefficient (Wildman–Crippen LogP) is 1.31. The smallest absolute Gasteiger partial charge is 0.339 e. The van der Waals surface area contributed by atoms with Gasteiger partial charge in [0.1, 0.15) is 0 Å². The standard InChI is InChI=1S/C15H19NO4/c1-2-19-9-5-8-16-14(17)13-10-11-6-3-4-7-12(11)15(18)20-13/h3-4,6-7,13H,2,5,8-10H2,1H3,(H,16,17). The third kappa shape index (κ3) is 3.57. The van der Waals surface area contributed by atoms with E-state index in [1.165, 1.54) is 0 Å². The first-order valence-corrected chi connectivity index (χ1v) is 6.86. The van der Waals surface area contributed by atoms with E-state index in [4.69, 9.17) is 9.47 Å². The monoisotopic (exact) mass is 277 g/mol. The number of nitrogens with one attached hydrogen (secondary N) is 1. The van der Waals surface area contributed by atoms with Gasteiger partial charge in [0.15, 0.2) is 6.10 Å². The molecule has 1 amide bonds. The van der Waals surface area contributed by atoms with E-state index in [-0.39, 0.29) is 5.91 Å². The van der Waals surface area contributed by atoms with Crippen LogP contribution in [0.15, 0.2) is 24.3 Å². The van der Waals surface area contributed by atoms with Gasteiger partial charge in [-0.2, -0.15) is 0 Å². The van der Waals surface area contributed by atoms with E-state index in [0.717, 1.165) is 12.0 Å². The summed E-state index contributed by atoms with van der Waals surface area (Å²) >= 11 is 0. The van der Waals surface area contributed by atoms with E-state index < -0.39 is 12.1 Å². The van der Waals surface area contributed by atoms with Crippen LogP contribution in [0, 0.1) is 0 Å². The van der Waals surface area contributed by atoms with Gasteiger partial charge in [-0.1, -0.05) is 18.2 Å². The van der Waals surface area contributed by atoms with Crippen molar-refractivity contribution in [3.05, 3.63) is 35.4 Å². The zero-order chi connectivity index (χ0) is 14.4. The van der Waals surface area contributed by atoms with Crippen molar-refractivity contribution in [3.63, 3.8) is 0 Å². The third-order valence-electron chi connectivity index (χ3n) is 3.15. The molecule has 1 unspecified atom stereocenters. The molecule has 2 rings (SSSR count). The molecule has 0 aliphatic carbocycles. The Labute approximate surface area is 118 Å². The van der Waals surface area contributed by atoms with E-state index in [1.807, 2.05) is 19.1 Å². The van der Waals surface area contributed by atoms with Crippen molar-refractivity contribution in [1.29, 1.82) is 0 Å². The van der Waals surface area contributed by atoms with Crippen LogP contribution in [-0.4, -0.2) is 37.7 Å². The Balaban J connectivity index is 1.85. The quantitative estimate of drug-likeness (QED) is 0.629. The summed E-state index contributed by atoms with van der Waals surface area (Å²) in [7, 11) is 0. The lowest BCUT2D eigenvalue weighted by Crippen LogP contribution is -2.42. The molecule has 0 spiro atoms. The van der Waals surface area contributed by atoms with Crippen LogP contribution in [0.5, 0.6) is 0 Å². The summed E-state index contributed by atoms with van der Waals surface area (Å²) in [5, 5.41) is 2.77. The number of carbonyl (C=O) groups is 2. The molecule has 1 aliphatic heterocycles. The van der Waals surface area contributed by atoms with Gasteiger partial charge in [0.2, 0.25) is 0 Å². The highest BCUT2D eigenvalue weighted by Crippen LogP contribution is 2.20. The number of hydrogen-bond donors (Lipinski definition) is 1. The number of esters is 1. The molecule has 0 bridgehead atoms. The Morgan fingerprint density at radius 2 is 2.25 bits per heavy atom. The average molecular weight is 277 g/mol. The van der Waals surface area contributed by atoms with E-state index >= 15 is 0 Å². The second-order valence-corrected chi connectivity index (χ2v) is 4.60. The topological polar surface area (TPSA) is 64.6 Å². The summed E-state index contributed by atoms with van der Waals surface area (Å²) in [6, 6.07) is 7.21. The Kier molecular flexibility index (Phi) is 5.12. The molecule has 5 nitrogen and oxygen atoms in total. The molecule has 1 aliphatic rings. The van der Waals surface area contributed by atoms with Crippen molar-refractivity contribution in [1.82, 2.24) is 5.32 Å². The minimum Gasteiger partial charge on any atom is -0.448 e. The van der Waals surface area contributed by atoms with Crippen LogP contribution in [-0.2, 0) is 20.7 Å². The number of ether oxygens (including phenoxy) is 2. The van der Waals surface area contributed by atoms with Gasteiger partial charge in [-0.05, 0) is 25.0 Å². The highest BCUT2D eigenvalue weighted by molar-refractivity contribution is 5.95. The molecule has 20 heavy (non-hydrogen) atoms. The van der Waals surface area contributed by atoms with Crippen molar-refractivity contribution in [2.45, 2.75) is 25.9 Å². The fourth-order valence-electron chi connectivity index (χ4n) is 2.12. The van der Waals surface area contributed by atoms with Crippen LogP contribution in [0.3, 0.4) is 0 Å². The third-order valence-corrected chi connectivity index (χ3v) is 3.15. The lowest BCUT2D eigenvalue weighted by atomic mass is 9.98. The largest absolute Gasteiger partial charge is 0.448 e. The van der Waals surface area contributed by atoms with Crippen LogP contribution in [0.4, 0.5) is 0 Å². The summed E-state index contributed by atoms with van der Waals surface area (Å²) in [6.07, 6.45) is 0.445. The van der Waals surface area contributed by atoms with Crippen LogP contribution >= 0.6 is 0 Å². The lowest BCUT2D eigenvalue weighted by Gasteiger charge is -2.23. The van der Waals surface area contributed by atoms with Gasteiger partial charge < -0.3 is 14.8 Å². The van der Waals surface area contributed by atoms with Gasteiger partial charge in [0.05, 0.1) is 5.56 Å². The Morgan fingerprint density at radius 1 is 1.45 bits per heavy atom. The van der Waals surface area contributed by atoms with Gasteiger partial charge in [-0.25, -0.2) is 4.79 Å². The number of benzene rings is 1. The maximum Gasteiger partial charge on any atom is 0.339 e. The molecule has 1 atom stereocenters. The van der Waals surface area contributed by atoms with Crippen molar-refractivity contribution in [2.24, 2.45) is 0 Å². The molecule has 0 saturated heterocycles. The van der Waals surface area contributed by atoms with Crippen molar-refractivity contribution in [2.75, 3.05) is 19.8 Å². The SMILES string of the molecule is CCOCCCNC(=O)C1Cc2ccccc2C(=O)O1. The first-order valence-electron chi connectivity index (χ1n) is 6.86. The fourth-order valence-corrected chi connectivity index (χ4v) is 2.12. The second-order valence-electron chi connectivity index (χ2n) is 4.60. The first kappa shape index (κ1) is 14.5.